The van der Waals surface area contributed by atoms with Crippen LogP contribution in [0.15, 0.2) is 65.8 Å². The highest BCUT2D eigenvalue weighted by Crippen LogP contribution is 2.28. The van der Waals surface area contributed by atoms with E-state index in [0.29, 0.717) is 17.9 Å². The van der Waals surface area contributed by atoms with Gasteiger partial charge >= 0.3 is 6.03 Å². The minimum atomic E-state index is -0.595. The average Bonchev–Trinajstić information content (AvgIpc) is 2.77. The van der Waals surface area contributed by atoms with Gasteiger partial charge in [-0.25, -0.2) is 4.79 Å². The lowest BCUT2D eigenvalue weighted by atomic mass is 10.0. The quantitative estimate of drug-likeness (QED) is 0.611. The SMILES string of the molecule is COc1ccncc1-c1ccc(CC(=O)NC(=O)NCCn2cccc(C)c2=O)cc1. The molecule has 0 aliphatic heterocycles. The first-order valence-corrected chi connectivity index (χ1v) is 9.79. The molecule has 2 heterocycles. The molecule has 0 atom stereocenters. The molecule has 31 heavy (non-hydrogen) atoms. The van der Waals surface area contributed by atoms with Crippen LogP contribution in [0.5, 0.6) is 5.75 Å². The number of ether oxygens (including phenoxy) is 1. The zero-order valence-corrected chi connectivity index (χ0v) is 17.4. The van der Waals surface area contributed by atoms with Crippen molar-refractivity contribution in [3.63, 3.8) is 0 Å². The smallest absolute Gasteiger partial charge is 0.321 e. The molecule has 0 unspecified atom stereocenters. The fraction of sp³-hybridized carbons (Fsp3) is 0.217. The van der Waals surface area contributed by atoms with E-state index in [2.05, 4.69) is 15.6 Å². The predicted octanol–water partition coefficient (Wildman–Crippen LogP) is 2.30. The number of urea groups is 1. The third-order valence-electron chi connectivity index (χ3n) is 4.73. The van der Waals surface area contributed by atoms with Gasteiger partial charge in [0.05, 0.1) is 13.5 Å². The van der Waals surface area contributed by atoms with Crippen molar-refractivity contribution < 1.29 is 14.3 Å². The monoisotopic (exact) mass is 420 g/mol. The van der Waals surface area contributed by atoms with Gasteiger partial charge in [0.2, 0.25) is 5.91 Å². The Bertz CT molecular complexity index is 1120. The number of carbonyl (C=O) groups is 2. The largest absolute Gasteiger partial charge is 0.496 e. The lowest BCUT2D eigenvalue weighted by Crippen LogP contribution is -2.42. The number of hydrogen-bond donors (Lipinski definition) is 2. The summed E-state index contributed by atoms with van der Waals surface area (Å²) >= 11 is 0. The maximum absolute atomic E-state index is 12.2. The number of nitrogens with one attached hydrogen (secondary N) is 2. The van der Waals surface area contributed by atoms with Crippen LogP contribution in [0.25, 0.3) is 11.1 Å². The molecule has 0 aliphatic carbocycles. The zero-order valence-electron chi connectivity index (χ0n) is 17.4. The van der Waals surface area contributed by atoms with Crippen LogP contribution in [0.4, 0.5) is 4.79 Å². The Morgan fingerprint density at radius 3 is 2.65 bits per heavy atom. The van der Waals surface area contributed by atoms with Crippen molar-refractivity contribution in [1.82, 2.24) is 20.2 Å². The maximum Gasteiger partial charge on any atom is 0.321 e. The summed E-state index contributed by atoms with van der Waals surface area (Å²) in [6.07, 6.45) is 5.10. The van der Waals surface area contributed by atoms with Crippen molar-refractivity contribution in [2.24, 2.45) is 0 Å². The molecule has 0 radical (unpaired) electrons. The second kappa shape index (κ2) is 10.2. The highest BCUT2D eigenvalue weighted by Gasteiger charge is 2.10. The molecule has 3 amide bonds. The van der Waals surface area contributed by atoms with Gasteiger partial charge in [-0.05, 0) is 30.2 Å². The summed E-state index contributed by atoms with van der Waals surface area (Å²) in [6, 6.07) is 12.1. The fourth-order valence-corrected chi connectivity index (χ4v) is 3.10. The van der Waals surface area contributed by atoms with Crippen molar-refractivity contribution in [3.05, 3.63) is 82.5 Å². The van der Waals surface area contributed by atoms with Crippen LogP contribution < -0.4 is 20.9 Å². The van der Waals surface area contributed by atoms with Crippen molar-refractivity contribution in [2.45, 2.75) is 19.9 Å². The van der Waals surface area contributed by atoms with Gasteiger partial charge in [0, 0.05) is 42.8 Å². The molecular weight excluding hydrogens is 396 g/mol. The van der Waals surface area contributed by atoms with Crippen molar-refractivity contribution >= 4 is 11.9 Å². The summed E-state index contributed by atoms with van der Waals surface area (Å²) in [7, 11) is 1.60. The fourth-order valence-electron chi connectivity index (χ4n) is 3.10. The first-order valence-electron chi connectivity index (χ1n) is 9.79. The first-order chi connectivity index (χ1) is 15.0. The number of imide groups is 1. The molecule has 8 nitrogen and oxygen atoms in total. The second-order valence-corrected chi connectivity index (χ2v) is 6.94. The predicted molar refractivity (Wildman–Crippen MR) is 117 cm³/mol. The highest BCUT2D eigenvalue weighted by atomic mass is 16.5. The average molecular weight is 420 g/mol. The van der Waals surface area contributed by atoms with Crippen molar-refractivity contribution in [3.8, 4) is 16.9 Å². The van der Waals surface area contributed by atoms with Crippen LogP contribution in [0.3, 0.4) is 0 Å². The van der Waals surface area contributed by atoms with E-state index in [1.807, 2.05) is 24.3 Å². The van der Waals surface area contributed by atoms with E-state index < -0.39 is 11.9 Å². The number of aromatic nitrogens is 2. The number of methoxy groups -OCH3 is 1. The van der Waals surface area contributed by atoms with Crippen LogP contribution in [-0.4, -0.2) is 35.1 Å². The Balaban J connectivity index is 1.49. The van der Waals surface area contributed by atoms with Crippen molar-refractivity contribution in [1.29, 1.82) is 0 Å². The van der Waals surface area contributed by atoms with Crippen LogP contribution >= 0.6 is 0 Å². The number of nitrogens with zero attached hydrogens (tertiary/aromatic N) is 2. The molecule has 2 N–H and O–H groups in total. The highest BCUT2D eigenvalue weighted by molar-refractivity contribution is 5.95. The van der Waals surface area contributed by atoms with E-state index in [4.69, 9.17) is 4.74 Å². The van der Waals surface area contributed by atoms with Gasteiger partial charge < -0.3 is 14.6 Å². The normalized spacial score (nSPS) is 10.4. The van der Waals surface area contributed by atoms with E-state index in [1.165, 1.54) is 4.57 Å². The minimum absolute atomic E-state index is 0.0647. The van der Waals surface area contributed by atoms with E-state index in [1.54, 1.807) is 50.8 Å². The summed E-state index contributed by atoms with van der Waals surface area (Å²) in [5, 5.41) is 4.89. The number of hydrogen-bond acceptors (Lipinski definition) is 5. The lowest BCUT2D eigenvalue weighted by Gasteiger charge is -2.10. The summed E-state index contributed by atoms with van der Waals surface area (Å²) in [6.45, 7) is 2.28. The van der Waals surface area contributed by atoms with Gasteiger partial charge in [-0.1, -0.05) is 30.3 Å². The number of aryl methyl sites for hydroxylation is 1. The Hall–Kier alpha value is -3.94. The van der Waals surface area contributed by atoms with Crippen LogP contribution in [0, 0.1) is 6.92 Å². The molecule has 1 aromatic carbocycles. The first kappa shape index (κ1) is 21.8. The minimum Gasteiger partial charge on any atom is -0.496 e. The Morgan fingerprint density at radius 2 is 1.90 bits per heavy atom. The van der Waals surface area contributed by atoms with E-state index in [-0.39, 0.29) is 18.5 Å². The number of carbonyl (C=O) groups excluding carboxylic acids is 2. The topological polar surface area (TPSA) is 102 Å². The van der Waals surface area contributed by atoms with Crippen LogP contribution in [0.1, 0.15) is 11.1 Å². The Morgan fingerprint density at radius 1 is 1.13 bits per heavy atom. The zero-order chi connectivity index (χ0) is 22.2. The third-order valence-corrected chi connectivity index (χ3v) is 4.73. The van der Waals surface area contributed by atoms with Gasteiger partial charge in [-0.3, -0.25) is 19.9 Å². The molecule has 0 bridgehead atoms. The molecule has 0 saturated heterocycles. The third kappa shape index (κ3) is 5.79. The van der Waals surface area contributed by atoms with Gasteiger partial charge in [-0.2, -0.15) is 0 Å². The van der Waals surface area contributed by atoms with Gasteiger partial charge in [0.1, 0.15) is 5.75 Å². The van der Waals surface area contributed by atoms with Crippen LogP contribution in [-0.2, 0) is 17.8 Å². The maximum atomic E-state index is 12.2. The Labute approximate surface area is 179 Å². The lowest BCUT2D eigenvalue weighted by molar-refractivity contribution is -0.119. The number of amides is 3. The molecule has 2 aromatic heterocycles. The molecular formula is C23H24N4O4. The van der Waals surface area contributed by atoms with E-state index in [9.17, 15) is 14.4 Å². The molecule has 0 fully saturated rings. The van der Waals surface area contributed by atoms with Gasteiger partial charge in [0.15, 0.2) is 0 Å². The molecule has 3 rings (SSSR count). The molecule has 0 saturated carbocycles. The second-order valence-electron chi connectivity index (χ2n) is 6.94. The van der Waals surface area contributed by atoms with E-state index in [0.717, 1.165) is 16.7 Å². The van der Waals surface area contributed by atoms with Crippen LogP contribution in [0.2, 0.25) is 0 Å². The summed E-state index contributed by atoms with van der Waals surface area (Å²) in [5.41, 5.74) is 3.07. The Kier molecular flexibility index (Phi) is 7.16. The summed E-state index contributed by atoms with van der Waals surface area (Å²) < 4.78 is 6.85. The summed E-state index contributed by atoms with van der Waals surface area (Å²) in [5.74, 6) is 0.294. The molecule has 160 valence electrons. The number of benzene rings is 1. The van der Waals surface area contributed by atoms with Gasteiger partial charge in [-0.15, -0.1) is 0 Å². The molecule has 8 heteroatoms. The summed E-state index contributed by atoms with van der Waals surface area (Å²) in [4.78, 5) is 40.2. The molecule has 3 aromatic rings. The number of pyridine rings is 2. The molecule has 0 aliphatic rings. The molecule has 0 spiro atoms. The van der Waals surface area contributed by atoms with Crippen molar-refractivity contribution in [2.75, 3.05) is 13.7 Å². The van der Waals surface area contributed by atoms with E-state index >= 15 is 0 Å². The van der Waals surface area contributed by atoms with Gasteiger partial charge in [0.25, 0.3) is 5.56 Å². The number of rotatable bonds is 7. The standard InChI is InChI=1S/C23H24N4O4/c1-16-4-3-12-27(22(16)29)13-11-25-23(30)26-21(28)14-17-5-7-18(8-6-17)19-15-24-10-9-20(19)31-2/h3-10,12,15H,11,13-14H2,1-2H3,(H2,25,26,28,30).